The minimum atomic E-state index is 0.143. The van der Waals surface area contributed by atoms with Gasteiger partial charge in [-0.2, -0.15) is 0 Å². The summed E-state index contributed by atoms with van der Waals surface area (Å²) in [4.78, 5) is 1.43. The molecule has 2 atom stereocenters. The van der Waals surface area contributed by atoms with Crippen molar-refractivity contribution in [1.29, 1.82) is 0 Å². The Morgan fingerprint density at radius 3 is 3.00 bits per heavy atom. The number of hydrogen-bond acceptors (Lipinski definition) is 2. The van der Waals surface area contributed by atoms with Gasteiger partial charge in [0, 0.05) is 10.9 Å². The van der Waals surface area contributed by atoms with E-state index in [0.29, 0.717) is 12.0 Å². The maximum absolute atomic E-state index is 6.10. The molecule has 17 heavy (non-hydrogen) atoms. The van der Waals surface area contributed by atoms with Crippen LogP contribution in [-0.4, -0.2) is 6.04 Å². The Balaban J connectivity index is 2.16. The van der Waals surface area contributed by atoms with Crippen LogP contribution in [0.15, 0.2) is 6.07 Å². The van der Waals surface area contributed by atoms with Gasteiger partial charge in [-0.25, -0.2) is 0 Å². The summed E-state index contributed by atoms with van der Waals surface area (Å²) in [5, 5.41) is 3.59. The predicted molar refractivity (Wildman–Crippen MR) is 75.6 cm³/mol. The van der Waals surface area contributed by atoms with Gasteiger partial charge in [0.05, 0.1) is 10.4 Å². The number of terminal acetylenes is 1. The zero-order valence-corrected chi connectivity index (χ0v) is 11.9. The smallest absolute Gasteiger partial charge is 0.0934 e. The maximum atomic E-state index is 6.10. The zero-order chi connectivity index (χ0) is 12.4. The lowest BCUT2D eigenvalue weighted by Crippen LogP contribution is -2.36. The Bertz CT molecular complexity index is 430. The van der Waals surface area contributed by atoms with Gasteiger partial charge in [0.15, 0.2) is 0 Å². The van der Waals surface area contributed by atoms with Gasteiger partial charge >= 0.3 is 0 Å². The Morgan fingerprint density at radius 1 is 1.59 bits per heavy atom. The van der Waals surface area contributed by atoms with Crippen LogP contribution in [-0.2, 0) is 6.42 Å². The summed E-state index contributed by atoms with van der Waals surface area (Å²) in [5.74, 6) is 3.30. The summed E-state index contributed by atoms with van der Waals surface area (Å²) in [6.45, 7) is 4.31. The van der Waals surface area contributed by atoms with Crippen LogP contribution in [0.5, 0.6) is 0 Å². The predicted octanol–water partition coefficient (Wildman–Crippen LogP) is 4.03. The minimum Gasteiger partial charge on any atom is -0.297 e. The molecule has 0 aliphatic heterocycles. The standard InChI is InChI=1S/C14H18ClNS/c1-4-11(9(2)3)16-12-6-5-7-13-10(12)8-14(15)17-13/h1,8-9,11-12,16H,5-7H2,2-3H3. The summed E-state index contributed by atoms with van der Waals surface area (Å²) in [7, 11) is 0. The van der Waals surface area contributed by atoms with Crippen LogP contribution in [0.4, 0.5) is 0 Å². The summed E-state index contributed by atoms with van der Waals surface area (Å²) < 4.78 is 0.894. The van der Waals surface area contributed by atoms with E-state index in [1.165, 1.54) is 16.9 Å². The molecule has 0 bridgehead atoms. The van der Waals surface area contributed by atoms with Gasteiger partial charge in [-0.1, -0.05) is 31.4 Å². The molecule has 1 aromatic heterocycles. The molecular weight excluding hydrogens is 250 g/mol. The van der Waals surface area contributed by atoms with Gasteiger partial charge in [0.2, 0.25) is 0 Å². The molecule has 1 aliphatic carbocycles. The van der Waals surface area contributed by atoms with Crippen molar-refractivity contribution in [2.75, 3.05) is 0 Å². The number of fused-ring (bicyclic) bond motifs is 1. The van der Waals surface area contributed by atoms with E-state index in [2.05, 4.69) is 31.2 Å². The third-order valence-electron chi connectivity index (χ3n) is 3.31. The quantitative estimate of drug-likeness (QED) is 0.816. The van der Waals surface area contributed by atoms with Crippen molar-refractivity contribution in [2.45, 2.75) is 45.2 Å². The third kappa shape index (κ3) is 2.85. The van der Waals surface area contributed by atoms with Crippen LogP contribution in [0, 0.1) is 18.3 Å². The molecule has 1 aliphatic rings. The number of nitrogens with one attached hydrogen (secondary N) is 1. The highest BCUT2D eigenvalue weighted by atomic mass is 35.5. The average Bonchev–Trinajstić information content (AvgIpc) is 2.66. The Morgan fingerprint density at radius 2 is 2.35 bits per heavy atom. The number of rotatable bonds is 3. The lowest BCUT2D eigenvalue weighted by atomic mass is 9.92. The van der Waals surface area contributed by atoms with Crippen LogP contribution >= 0.6 is 22.9 Å². The van der Waals surface area contributed by atoms with Crippen LogP contribution in [0.3, 0.4) is 0 Å². The van der Waals surface area contributed by atoms with Gasteiger partial charge in [0.25, 0.3) is 0 Å². The number of hydrogen-bond donors (Lipinski definition) is 1. The third-order valence-corrected chi connectivity index (χ3v) is 4.65. The van der Waals surface area contributed by atoms with E-state index in [0.717, 1.165) is 17.2 Å². The van der Waals surface area contributed by atoms with Gasteiger partial charge in [0.1, 0.15) is 0 Å². The zero-order valence-electron chi connectivity index (χ0n) is 10.3. The molecule has 3 heteroatoms. The fraction of sp³-hybridized carbons (Fsp3) is 0.571. The first-order chi connectivity index (χ1) is 8.11. The molecule has 0 spiro atoms. The highest BCUT2D eigenvalue weighted by Gasteiger charge is 2.25. The topological polar surface area (TPSA) is 12.0 Å². The van der Waals surface area contributed by atoms with Crippen LogP contribution in [0.1, 0.15) is 43.2 Å². The van der Waals surface area contributed by atoms with Crippen molar-refractivity contribution in [3.63, 3.8) is 0 Å². The van der Waals surface area contributed by atoms with Crippen LogP contribution in [0.25, 0.3) is 0 Å². The molecule has 0 aromatic carbocycles. The first kappa shape index (κ1) is 13.0. The molecule has 1 N–H and O–H groups in total. The molecule has 0 fully saturated rings. The molecule has 1 nitrogen and oxygen atoms in total. The summed E-state index contributed by atoms with van der Waals surface area (Å²) in [6, 6.07) is 2.63. The molecule has 0 saturated carbocycles. The first-order valence-electron chi connectivity index (χ1n) is 6.12. The van der Waals surface area contributed by atoms with E-state index in [1.54, 1.807) is 11.3 Å². The molecule has 1 aromatic rings. The highest BCUT2D eigenvalue weighted by molar-refractivity contribution is 7.16. The second-order valence-electron chi connectivity index (χ2n) is 4.93. The van der Waals surface area contributed by atoms with Crippen LogP contribution < -0.4 is 5.32 Å². The van der Waals surface area contributed by atoms with E-state index < -0.39 is 0 Å². The largest absolute Gasteiger partial charge is 0.297 e. The molecule has 0 radical (unpaired) electrons. The number of thiophene rings is 1. The summed E-state index contributed by atoms with van der Waals surface area (Å²) in [6.07, 6.45) is 9.12. The lowest BCUT2D eigenvalue weighted by molar-refractivity contribution is 0.384. The van der Waals surface area contributed by atoms with E-state index in [-0.39, 0.29) is 6.04 Å². The highest BCUT2D eigenvalue weighted by Crippen LogP contribution is 2.38. The maximum Gasteiger partial charge on any atom is 0.0934 e. The van der Waals surface area contributed by atoms with Gasteiger partial charge in [-0.3, -0.25) is 5.32 Å². The van der Waals surface area contributed by atoms with Crippen LogP contribution in [0.2, 0.25) is 4.34 Å². The van der Waals surface area contributed by atoms with Gasteiger partial charge in [-0.05, 0) is 36.8 Å². The Labute approximate surface area is 113 Å². The van der Waals surface area contributed by atoms with Gasteiger partial charge in [-0.15, -0.1) is 17.8 Å². The van der Waals surface area contributed by atoms with E-state index in [9.17, 15) is 0 Å². The number of aryl methyl sites for hydroxylation is 1. The molecule has 2 unspecified atom stereocenters. The SMILES string of the molecule is C#CC(NC1CCCc2sc(Cl)cc21)C(C)C. The normalized spacial score (nSPS) is 21.0. The molecule has 2 rings (SSSR count). The van der Waals surface area contributed by atoms with Crippen molar-refractivity contribution in [1.82, 2.24) is 5.32 Å². The molecule has 1 heterocycles. The second-order valence-corrected chi connectivity index (χ2v) is 6.70. The molecular formula is C14H18ClNS. The first-order valence-corrected chi connectivity index (χ1v) is 7.31. The average molecular weight is 268 g/mol. The van der Waals surface area contributed by atoms with E-state index in [4.69, 9.17) is 18.0 Å². The summed E-state index contributed by atoms with van der Waals surface area (Å²) in [5.41, 5.74) is 1.37. The van der Waals surface area contributed by atoms with E-state index >= 15 is 0 Å². The lowest BCUT2D eigenvalue weighted by Gasteiger charge is -2.28. The fourth-order valence-electron chi connectivity index (χ4n) is 2.34. The monoisotopic (exact) mass is 267 g/mol. The Hall–Kier alpha value is -0.490. The second kappa shape index (κ2) is 5.44. The summed E-state index contributed by atoms with van der Waals surface area (Å²) >= 11 is 7.81. The molecule has 0 saturated heterocycles. The Kier molecular flexibility index (Phi) is 4.14. The van der Waals surface area contributed by atoms with Crippen molar-refractivity contribution < 1.29 is 0 Å². The van der Waals surface area contributed by atoms with Crippen molar-refractivity contribution in [2.24, 2.45) is 5.92 Å². The van der Waals surface area contributed by atoms with Crippen molar-refractivity contribution >= 4 is 22.9 Å². The van der Waals surface area contributed by atoms with Crippen molar-refractivity contribution in [3.05, 3.63) is 20.8 Å². The minimum absolute atomic E-state index is 0.143. The molecule has 0 amide bonds. The van der Waals surface area contributed by atoms with Crippen molar-refractivity contribution in [3.8, 4) is 12.3 Å². The number of halogens is 1. The molecule has 92 valence electrons. The van der Waals surface area contributed by atoms with Gasteiger partial charge < -0.3 is 0 Å². The van der Waals surface area contributed by atoms with E-state index in [1.807, 2.05) is 0 Å². The fourth-order valence-corrected chi connectivity index (χ4v) is 3.73.